The fourth-order valence-electron chi connectivity index (χ4n) is 2.84. The van der Waals surface area contributed by atoms with Gasteiger partial charge in [0.25, 0.3) is 5.91 Å². The van der Waals surface area contributed by atoms with Crippen LogP contribution in [0.5, 0.6) is 5.75 Å². The van der Waals surface area contributed by atoms with Crippen LogP contribution in [0.15, 0.2) is 42.6 Å². The first-order chi connectivity index (χ1) is 14.8. The molecule has 1 N–H and O–H groups in total. The molecule has 0 saturated carbocycles. The Morgan fingerprint density at radius 3 is 2.58 bits per heavy atom. The Morgan fingerprint density at radius 2 is 2.00 bits per heavy atom. The van der Waals surface area contributed by atoms with Crippen LogP contribution in [0.2, 0.25) is 0 Å². The number of hydrogen-bond donors (Lipinski definition) is 1. The van der Waals surface area contributed by atoms with Crippen LogP contribution in [0.3, 0.4) is 0 Å². The summed E-state index contributed by atoms with van der Waals surface area (Å²) in [6.07, 6.45) is -3.49. The van der Waals surface area contributed by atoms with E-state index in [4.69, 9.17) is 9.47 Å². The van der Waals surface area contributed by atoms with Crippen molar-refractivity contribution in [2.24, 2.45) is 0 Å². The van der Waals surface area contributed by atoms with Gasteiger partial charge in [0.15, 0.2) is 5.69 Å². The number of ether oxygens (including phenoxy) is 2. The fourth-order valence-corrected chi connectivity index (χ4v) is 3.66. The van der Waals surface area contributed by atoms with E-state index in [9.17, 15) is 18.0 Å². The van der Waals surface area contributed by atoms with E-state index in [-0.39, 0.29) is 24.7 Å². The Labute approximate surface area is 179 Å². The van der Waals surface area contributed by atoms with Gasteiger partial charge in [-0.3, -0.25) is 4.79 Å². The molecule has 1 fully saturated rings. The number of nitrogens with zero attached hydrogens (tertiary/aromatic N) is 3. The lowest BCUT2D eigenvalue weighted by Crippen LogP contribution is -2.39. The van der Waals surface area contributed by atoms with Gasteiger partial charge in [-0.25, -0.2) is 4.98 Å². The van der Waals surface area contributed by atoms with Crippen LogP contribution in [-0.2, 0) is 10.9 Å². The van der Waals surface area contributed by atoms with Gasteiger partial charge in [-0.2, -0.15) is 13.2 Å². The molecule has 0 radical (unpaired) electrons. The van der Waals surface area contributed by atoms with Crippen LogP contribution >= 0.6 is 11.3 Å². The van der Waals surface area contributed by atoms with Crippen molar-refractivity contribution in [3.63, 3.8) is 0 Å². The van der Waals surface area contributed by atoms with E-state index in [2.05, 4.69) is 20.5 Å². The predicted molar refractivity (Wildman–Crippen MR) is 105 cm³/mol. The van der Waals surface area contributed by atoms with Crippen molar-refractivity contribution in [3.05, 3.63) is 69.4 Å². The fraction of sp³-hybridized carbons (Fsp3) is 0.300. The molecule has 1 aliphatic heterocycles. The Balaban J connectivity index is 1.75. The van der Waals surface area contributed by atoms with E-state index in [1.807, 2.05) is 6.92 Å². The Morgan fingerprint density at radius 1 is 1.26 bits per heavy atom. The number of carbonyl (C=O) groups excluding carboxylic acids is 1. The first kappa shape index (κ1) is 21.2. The lowest BCUT2D eigenvalue weighted by atomic mass is 10.1. The van der Waals surface area contributed by atoms with Crippen molar-refractivity contribution in [2.75, 3.05) is 13.2 Å². The maximum absolute atomic E-state index is 13.2. The highest BCUT2D eigenvalue weighted by molar-refractivity contribution is 7.11. The monoisotopic (exact) mass is 450 g/mol. The minimum atomic E-state index is -4.69. The van der Waals surface area contributed by atoms with Gasteiger partial charge >= 0.3 is 6.18 Å². The number of carbonyl (C=O) groups is 1. The lowest BCUT2D eigenvalue weighted by Gasteiger charge is -2.28. The number of rotatable bonds is 6. The summed E-state index contributed by atoms with van der Waals surface area (Å²) in [5.41, 5.74) is -0.760. The number of thiazole rings is 1. The summed E-state index contributed by atoms with van der Waals surface area (Å²) in [5, 5.41) is 10.4. The summed E-state index contributed by atoms with van der Waals surface area (Å²) in [6, 6.07) is 8.29. The molecular weight excluding hydrogens is 433 g/mol. The highest BCUT2D eigenvalue weighted by Gasteiger charge is 2.37. The van der Waals surface area contributed by atoms with Crippen LogP contribution < -0.4 is 10.1 Å². The summed E-state index contributed by atoms with van der Waals surface area (Å²) in [5.74, 6) is -0.556. The van der Waals surface area contributed by atoms with Gasteiger partial charge in [-0.05, 0) is 19.1 Å². The molecule has 1 atom stereocenters. The first-order valence-corrected chi connectivity index (χ1v) is 10.1. The van der Waals surface area contributed by atoms with Crippen molar-refractivity contribution in [1.82, 2.24) is 20.5 Å². The number of hydrogen-bond acceptors (Lipinski definition) is 7. The van der Waals surface area contributed by atoms with Crippen molar-refractivity contribution in [1.29, 1.82) is 0 Å². The topological polar surface area (TPSA) is 86.2 Å². The molecule has 0 spiro atoms. The zero-order valence-corrected chi connectivity index (χ0v) is 17.0. The second-order valence-corrected chi connectivity index (χ2v) is 8.10. The lowest BCUT2D eigenvalue weighted by molar-refractivity contribution is -0.142. The standard InChI is InChI=1S/C20H17F3N4O3S/c1-11-8-24-19(31-11)17(25-18(28)12-5-3-2-4-6-12)16-14(30-13-9-29-10-13)7-15(26-27-16)20(21,22)23/h2-8,13,17H,9-10H2,1H3,(H,25,28). The molecule has 3 heterocycles. The number of nitrogens with one attached hydrogen (secondary N) is 1. The van der Waals surface area contributed by atoms with Crippen LogP contribution in [-0.4, -0.2) is 40.4 Å². The van der Waals surface area contributed by atoms with Crippen molar-refractivity contribution in [2.45, 2.75) is 25.2 Å². The first-order valence-electron chi connectivity index (χ1n) is 9.28. The molecule has 0 bridgehead atoms. The van der Waals surface area contributed by atoms with Gasteiger partial charge in [-0.1, -0.05) is 18.2 Å². The average molecular weight is 450 g/mol. The highest BCUT2D eigenvalue weighted by atomic mass is 32.1. The van der Waals surface area contributed by atoms with Gasteiger partial charge in [-0.15, -0.1) is 21.5 Å². The number of aromatic nitrogens is 3. The van der Waals surface area contributed by atoms with Crippen molar-refractivity contribution in [3.8, 4) is 5.75 Å². The summed E-state index contributed by atoms with van der Waals surface area (Å²) in [4.78, 5) is 18.0. The molecule has 1 unspecified atom stereocenters. The number of benzene rings is 1. The highest BCUT2D eigenvalue weighted by Crippen LogP contribution is 2.36. The van der Waals surface area contributed by atoms with Gasteiger partial charge in [0, 0.05) is 22.7 Å². The van der Waals surface area contributed by atoms with Crippen molar-refractivity contribution < 1.29 is 27.4 Å². The second-order valence-electron chi connectivity index (χ2n) is 6.84. The normalized spacial score (nSPS) is 15.2. The molecular formula is C20H17F3N4O3S. The quantitative estimate of drug-likeness (QED) is 0.618. The molecule has 3 aromatic rings. The molecule has 0 aliphatic carbocycles. The van der Waals surface area contributed by atoms with Crippen LogP contribution in [0.4, 0.5) is 13.2 Å². The molecule has 7 nitrogen and oxygen atoms in total. The van der Waals surface area contributed by atoms with Gasteiger partial charge in [0.2, 0.25) is 0 Å². The maximum Gasteiger partial charge on any atom is 0.435 e. The van der Waals surface area contributed by atoms with Crippen LogP contribution in [0, 0.1) is 6.92 Å². The third kappa shape index (κ3) is 4.83. The third-order valence-electron chi connectivity index (χ3n) is 4.45. The molecule has 1 aromatic carbocycles. The van der Waals surface area contributed by atoms with E-state index in [1.54, 1.807) is 36.5 Å². The summed E-state index contributed by atoms with van der Waals surface area (Å²) in [7, 11) is 0. The summed E-state index contributed by atoms with van der Waals surface area (Å²) >= 11 is 1.29. The minimum Gasteiger partial charge on any atom is -0.483 e. The molecule has 1 saturated heterocycles. The molecule has 1 amide bonds. The van der Waals surface area contributed by atoms with Crippen LogP contribution in [0.25, 0.3) is 0 Å². The number of aryl methyl sites for hydroxylation is 1. The van der Waals surface area contributed by atoms with E-state index >= 15 is 0 Å². The average Bonchev–Trinajstić information content (AvgIpc) is 3.15. The van der Waals surface area contributed by atoms with Crippen molar-refractivity contribution >= 4 is 17.2 Å². The molecule has 1 aliphatic rings. The van der Waals surface area contributed by atoms with E-state index < -0.39 is 29.9 Å². The molecule has 4 rings (SSSR count). The summed E-state index contributed by atoms with van der Waals surface area (Å²) in [6.45, 7) is 2.33. The number of alkyl halides is 3. The number of halogens is 3. The third-order valence-corrected chi connectivity index (χ3v) is 5.43. The van der Waals surface area contributed by atoms with Gasteiger partial charge in [0.1, 0.15) is 28.6 Å². The van der Waals surface area contributed by atoms with Gasteiger partial charge < -0.3 is 14.8 Å². The second kappa shape index (κ2) is 8.60. The Hall–Kier alpha value is -3.05. The Bertz CT molecular complexity index is 1070. The number of amides is 1. The van der Waals surface area contributed by atoms with E-state index in [0.29, 0.717) is 10.6 Å². The smallest absolute Gasteiger partial charge is 0.435 e. The Kier molecular flexibility index (Phi) is 5.88. The molecule has 11 heteroatoms. The van der Waals surface area contributed by atoms with E-state index in [0.717, 1.165) is 10.9 Å². The maximum atomic E-state index is 13.2. The molecule has 31 heavy (non-hydrogen) atoms. The zero-order valence-electron chi connectivity index (χ0n) is 16.2. The van der Waals surface area contributed by atoms with Gasteiger partial charge in [0.05, 0.1) is 13.2 Å². The van der Waals surface area contributed by atoms with E-state index in [1.165, 1.54) is 11.3 Å². The predicted octanol–water partition coefficient (Wildman–Crippen LogP) is 3.56. The minimum absolute atomic E-state index is 0.0403. The summed E-state index contributed by atoms with van der Waals surface area (Å²) < 4.78 is 50.5. The molecule has 162 valence electrons. The SMILES string of the molecule is Cc1cnc(C(NC(=O)c2ccccc2)c2nnc(C(F)(F)F)cc2OC2COC2)s1. The van der Waals surface area contributed by atoms with Crippen LogP contribution in [0.1, 0.15) is 37.7 Å². The largest absolute Gasteiger partial charge is 0.483 e. The zero-order chi connectivity index (χ0) is 22.0. The molecule has 2 aromatic heterocycles.